The van der Waals surface area contributed by atoms with Crippen molar-refractivity contribution in [2.24, 2.45) is 0 Å². The van der Waals surface area contributed by atoms with Gasteiger partial charge in [0.05, 0.1) is 16.3 Å². The van der Waals surface area contributed by atoms with Crippen LogP contribution in [0.3, 0.4) is 0 Å². The van der Waals surface area contributed by atoms with Gasteiger partial charge in [-0.05, 0) is 31.2 Å². The zero-order valence-electron chi connectivity index (χ0n) is 12.2. The number of carbonyl (C=O) groups is 1. The molecule has 22 heavy (non-hydrogen) atoms. The van der Waals surface area contributed by atoms with Crippen molar-refractivity contribution < 1.29 is 4.79 Å². The minimum absolute atomic E-state index is 0.124. The smallest absolute Gasteiger partial charge is 0.251 e. The Hall–Kier alpha value is -2.51. The van der Waals surface area contributed by atoms with E-state index in [1.54, 1.807) is 30.3 Å². The number of carbonyl (C=O) groups excluding carboxylic acids is 1. The van der Waals surface area contributed by atoms with Crippen molar-refractivity contribution >= 4 is 23.2 Å². The number of aryl methyl sites for hydroxylation is 1. The molecular weight excluding hydrogens is 298 g/mol. The van der Waals surface area contributed by atoms with Crippen LogP contribution in [0.4, 0.5) is 5.69 Å². The van der Waals surface area contributed by atoms with Gasteiger partial charge in [-0.3, -0.25) is 4.79 Å². The highest BCUT2D eigenvalue weighted by molar-refractivity contribution is 6.33. The number of hydrogen-bond acceptors (Lipinski definition) is 3. The largest absolute Gasteiger partial charge is 0.381 e. The molecule has 1 amide bonds. The molecule has 0 aromatic heterocycles. The van der Waals surface area contributed by atoms with Crippen molar-refractivity contribution in [2.75, 3.05) is 18.4 Å². The van der Waals surface area contributed by atoms with Gasteiger partial charge in [0.1, 0.15) is 6.07 Å². The van der Waals surface area contributed by atoms with Crippen LogP contribution in [0.1, 0.15) is 21.5 Å². The monoisotopic (exact) mass is 313 g/mol. The van der Waals surface area contributed by atoms with Gasteiger partial charge in [0.2, 0.25) is 0 Å². The zero-order chi connectivity index (χ0) is 15.9. The molecule has 0 bridgehead atoms. The Morgan fingerprint density at radius 2 is 1.91 bits per heavy atom. The predicted octanol–water partition coefficient (Wildman–Crippen LogP) is 3.36. The number of hydrogen-bond donors (Lipinski definition) is 2. The molecule has 0 aliphatic heterocycles. The summed E-state index contributed by atoms with van der Waals surface area (Å²) in [6, 6.07) is 14.6. The van der Waals surface area contributed by atoms with E-state index in [-0.39, 0.29) is 5.91 Å². The standard InChI is InChI=1S/C17H16ClN3O/c1-12-5-7-13(8-6-12)17(22)21-10-9-20-16-14(11-19)3-2-4-15(16)18/h2-8,20H,9-10H2,1H3,(H,21,22). The summed E-state index contributed by atoms with van der Waals surface area (Å²) in [6.07, 6.45) is 0. The Bertz CT molecular complexity index is 705. The van der Waals surface area contributed by atoms with E-state index in [9.17, 15) is 4.79 Å². The highest BCUT2D eigenvalue weighted by Gasteiger charge is 2.07. The van der Waals surface area contributed by atoms with Crippen LogP contribution in [0.2, 0.25) is 5.02 Å². The molecule has 0 heterocycles. The zero-order valence-corrected chi connectivity index (χ0v) is 12.9. The lowest BCUT2D eigenvalue weighted by molar-refractivity contribution is 0.0955. The molecule has 4 nitrogen and oxygen atoms in total. The second-order valence-electron chi connectivity index (χ2n) is 4.82. The number of nitrogens with zero attached hydrogens (tertiary/aromatic N) is 1. The fourth-order valence-electron chi connectivity index (χ4n) is 1.97. The molecule has 0 radical (unpaired) electrons. The SMILES string of the molecule is Cc1ccc(C(=O)NCCNc2c(Cl)cccc2C#N)cc1. The molecule has 5 heteroatoms. The van der Waals surface area contributed by atoms with E-state index in [0.29, 0.717) is 34.9 Å². The molecule has 112 valence electrons. The summed E-state index contributed by atoms with van der Waals surface area (Å²) in [7, 11) is 0. The molecule has 0 saturated carbocycles. The Kier molecular flexibility index (Phi) is 5.40. The van der Waals surface area contributed by atoms with Crippen LogP contribution in [0, 0.1) is 18.3 Å². The maximum Gasteiger partial charge on any atom is 0.251 e. The second-order valence-corrected chi connectivity index (χ2v) is 5.23. The number of rotatable bonds is 5. The molecular formula is C17H16ClN3O. The van der Waals surface area contributed by atoms with Crippen LogP contribution in [-0.2, 0) is 0 Å². The van der Waals surface area contributed by atoms with E-state index >= 15 is 0 Å². The minimum Gasteiger partial charge on any atom is -0.381 e. The molecule has 2 aromatic carbocycles. The molecule has 0 saturated heterocycles. The number of anilines is 1. The second kappa shape index (κ2) is 7.48. The fraction of sp³-hybridized carbons (Fsp3) is 0.176. The summed E-state index contributed by atoms with van der Waals surface area (Å²) in [5, 5.41) is 15.4. The van der Waals surface area contributed by atoms with Crippen LogP contribution < -0.4 is 10.6 Å². The summed E-state index contributed by atoms with van der Waals surface area (Å²) >= 11 is 6.06. The average molecular weight is 314 g/mol. The maximum atomic E-state index is 11.9. The van der Waals surface area contributed by atoms with Gasteiger partial charge < -0.3 is 10.6 Å². The third kappa shape index (κ3) is 4.00. The molecule has 0 unspecified atom stereocenters. The van der Waals surface area contributed by atoms with Crippen molar-refractivity contribution in [1.29, 1.82) is 5.26 Å². The van der Waals surface area contributed by atoms with Crippen LogP contribution in [-0.4, -0.2) is 19.0 Å². The van der Waals surface area contributed by atoms with Crippen molar-refractivity contribution in [1.82, 2.24) is 5.32 Å². The highest BCUT2D eigenvalue weighted by atomic mass is 35.5. The minimum atomic E-state index is -0.124. The van der Waals surface area contributed by atoms with E-state index < -0.39 is 0 Å². The lowest BCUT2D eigenvalue weighted by Crippen LogP contribution is -2.28. The molecule has 2 N–H and O–H groups in total. The lowest BCUT2D eigenvalue weighted by Gasteiger charge is -2.11. The molecule has 0 atom stereocenters. The van der Waals surface area contributed by atoms with Crippen molar-refractivity contribution in [2.45, 2.75) is 6.92 Å². The summed E-state index contributed by atoms with van der Waals surface area (Å²) < 4.78 is 0. The van der Waals surface area contributed by atoms with Gasteiger partial charge in [-0.25, -0.2) is 0 Å². The normalized spacial score (nSPS) is 9.86. The first-order chi connectivity index (χ1) is 10.6. The molecule has 2 aromatic rings. The summed E-state index contributed by atoms with van der Waals surface area (Å²) in [4.78, 5) is 11.9. The third-order valence-corrected chi connectivity index (χ3v) is 3.48. The Morgan fingerprint density at radius 1 is 1.18 bits per heavy atom. The first-order valence-electron chi connectivity index (χ1n) is 6.89. The summed E-state index contributed by atoms with van der Waals surface area (Å²) in [6.45, 7) is 2.89. The average Bonchev–Trinajstić information content (AvgIpc) is 2.53. The van der Waals surface area contributed by atoms with E-state index in [1.807, 2.05) is 19.1 Å². The van der Waals surface area contributed by atoms with Gasteiger partial charge in [0.15, 0.2) is 0 Å². The Morgan fingerprint density at radius 3 is 2.59 bits per heavy atom. The molecule has 0 spiro atoms. The number of nitrogens with one attached hydrogen (secondary N) is 2. The number of amides is 1. The van der Waals surface area contributed by atoms with Gasteiger partial charge in [-0.15, -0.1) is 0 Å². The quantitative estimate of drug-likeness (QED) is 0.832. The Balaban J connectivity index is 1.86. The lowest BCUT2D eigenvalue weighted by atomic mass is 10.1. The molecule has 0 aliphatic rings. The molecule has 2 rings (SSSR count). The molecule has 0 aliphatic carbocycles. The third-order valence-electron chi connectivity index (χ3n) is 3.16. The predicted molar refractivity (Wildman–Crippen MR) is 88.2 cm³/mol. The summed E-state index contributed by atoms with van der Waals surface area (Å²) in [5.74, 6) is -0.124. The van der Waals surface area contributed by atoms with E-state index in [1.165, 1.54) is 0 Å². The van der Waals surface area contributed by atoms with Crippen LogP contribution in [0.15, 0.2) is 42.5 Å². The van der Waals surface area contributed by atoms with Crippen molar-refractivity contribution in [3.05, 3.63) is 64.2 Å². The van der Waals surface area contributed by atoms with Gasteiger partial charge in [0, 0.05) is 18.7 Å². The number of benzene rings is 2. The van der Waals surface area contributed by atoms with Crippen LogP contribution in [0.25, 0.3) is 0 Å². The number of nitriles is 1. The van der Waals surface area contributed by atoms with Gasteiger partial charge in [-0.1, -0.05) is 35.4 Å². The molecule has 0 fully saturated rings. The first kappa shape index (κ1) is 15.9. The topological polar surface area (TPSA) is 64.9 Å². The van der Waals surface area contributed by atoms with Gasteiger partial charge >= 0.3 is 0 Å². The van der Waals surface area contributed by atoms with Crippen molar-refractivity contribution in [3.63, 3.8) is 0 Å². The summed E-state index contributed by atoms with van der Waals surface area (Å²) in [5.41, 5.74) is 2.82. The van der Waals surface area contributed by atoms with Crippen LogP contribution >= 0.6 is 11.6 Å². The van der Waals surface area contributed by atoms with E-state index in [0.717, 1.165) is 5.56 Å². The van der Waals surface area contributed by atoms with E-state index in [2.05, 4.69) is 16.7 Å². The van der Waals surface area contributed by atoms with E-state index in [4.69, 9.17) is 16.9 Å². The number of halogens is 1. The number of para-hydroxylation sites is 1. The van der Waals surface area contributed by atoms with Gasteiger partial charge in [-0.2, -0.15) is 5.26 Å². The van der Waals surface area contributed by atoms with Gasteiger partial charge in [0.25, 0.3) is 5.91 Å². The highest BCUT2D eigenvalue weighted by Crippen LogP contribution is 2.24. The van der Waals surface area contributed by atoms with Crippen LogP contribution in [0.5, 0.6) is 0 Å². The van der Waals surface area contributed by atoms with Crippen molar-refractivity contribution in [3.8, 4) is 6.07 Å². The first-order valence-corrected chi connectivity index (χ1v) is 7.27. The Labute approximate surface area is 134 Å². The fourth-order valence-corrected chi connectivity index (χ4v) is 2.21. The maximum absolute atomic E-state index is 11.9.